The summed E-state index contributed by atoms with van der Waals surface area (Å²) in [6.07, 6.45) is 3.11. The van der Waals surface area contributed by atoms with Crippen LogP contribution in [0.4, 0.5) is 17.3 Å². The van der Waals surface area contributed by atoms with Crippen molar-refractivity contribution in [2.24, 2.45) is 4.99 Å². The Bertz CT molecular complexity index is 778. The molecule has 2 aromatic rings. The molecular formula is C14H12N6O. The van der Waals surface area contributed by atoms with Crippen LogP contribution in [0.25, 0.3) is 0 Å². The lowest BCUT2D eigenvalue weighted by Crippen LogP contribution is -2.04. The van der Waals surface area contributed by atoms with Crippen LogP contribution in [0, 0.1) is 11.3 Å². The number of nitrogens with one attached hydrogen (secondary N) is 1. The molecule has 0 amide bonds. The summed E-state index contributed by atoms with van der Waals surface area (Å²) in [4.78, 5) is 12.1. The number of aromatic nitrogens is 2. The Morgan fingerprint density at radius 1 is 1.38 bits per heavy atom. The Kier molecular flexibility index (Phi) is 3.12. The van der Waals surface area contributed by atoms with Gasteiger partial charge < -0.3 is 15.8 Å². The maximum Gasteiger partial charge on any atom is 0.154 e. The first-order valence-electron chi connectivity index (χ1n) is 6.21. The SMILES string of the molecule is COc1cc2c(cc1Nc1ncnc(N)c1C#N)C=NC2. The monoisotopic (exact) mass is 280 g/mol. The predicted molar refractivity (Wildman–Crippen MR) is 78.7 cm³/mol. The van der Waals surface area contributed by atoms with Crippen LogP contribution in [0.5, 0.6) is 5.75 Å². The Hall–Kier alpha value is -3.14. The van der Waals surface area contributed by atoms with Gasteiger partial charge in [0.05, 0.1) is 19.3 Å². The molecule has 0 fully saturated rings. The average molecular weight is 280 g/mol. The van der Waals surface area contributed by atoms with E-state index in [1.54, 1.807) is 13.3 Å². The highest BCUT2D eigenvalue weighted by atomic mass is 16.5. The molecule has 0 atom stereocenters. The number of rotatable bonds is 3. The smallest absolute Gasteiger partial charge is 0.154 e. The van der Waals surface area contributed by atoms with Gasteiger partial charge in [-0.2, -0.15) is 5.26 Å². The Balaban J connectivity index is 2.05. The molecule has 104 valence electrons. The maximum atomic E-state index is 9.16. The van der Waals surface area contributed by atoms with Gasteiger partial charge in [-0.25, -0.2) is 9.97 Å². The van der Waals surface area contributed by atoms with Crippen molar-refractivity contribution >= 4 is 23.5 Å². The van der Waals surface area contributed by atoms with Crippen LogP contribution < -0.4 is 15.8 Å². The van der Waals surface area contributed by atoms with Crippen molar-refractivity contribution in [1.29, 1.82) is 5.26 Å². The molecule has 0 radical (unpaired) electrons. The summed E-state index contributed by atoms with van der Waals surface area (Å²) in [5, 5.41) is 12.2. The molecule has 7 nitrogen and oxygen atoms in total. The van der Waals surface area contributed by atoms with E-state index < -0.39 is 0 Å². The van der Waals surface area contributed by atoms with Gasteiger partial charge in [-0.05, 0) is 23.3 Å². The number of benzene rings is 1. The topological polar surface area (TPSA) is 109 Å². The molecule has 21 heavy (non-hydrogen) atoms. The van der Waals surface area contributed by atoms with E-state index in [9.17, 15) is 0 Å². The highest BCUT2D eigenvalue weighted by Gasteiger charge is 2.15. The number of ether oxygens (including phenoxy) is 1. The highest BCUT2D eigenvalue weighted by molar-refractivity contribution is 5.88. The number of methoxy groups -OCH3 is 1. The van der Waals surface area contributed by atoms with E-state index in [2.05, 4.69) is 20.3 Å². The molecule has 0 saturated carbocycles. The molecule has 0 aliphatic carbocycles. The number of hydrogen-bond acceptors (Lipinski definition) is 7. The summed E-state index contributed by atoms with van der Waals surface area (Å²) in [7, 11) is 1.59. The van der Waals surface area contributed by atoms with Gasteiger partial charge in [0.15, 0.2) is 5.82 Å². The van der Waals surface area contributed by atoms with E-state index in [-0.39, 0.29) is 11.4 Å². The Labute approximate surface area is 121 Å². The van der Waals surface area contributed by atoms with Gasteiger partial charge >= 0.3 is 0 Å². The van der Waals surface area contributed by atoms with E-state index in [4.69, 9.17) is 15.7 Å². The fourth-order valence-electron chi connectivity index (χ4n) is 2.14. The summed E-state index contributed by atoms with van der Waals surface area (Å²) in [6, 6.07) is 5.82. The normalized spacial score (nSPS) is 11.8. The van der Waals surface area contributed by atoms with E-state index >= 15 is 0 Å². The number of nitrogens with two attached hydrogens (primary N) is 1. The number of nitrogens with zero attached hydrogens (tertiary/aromatic N) is 4. The van der Waals surface area contributed by atoms with E-state index in [0.717, 1.165) is 11.1 Å². The molecular weight excluding hydrogens is 268 g/mol. The van der Waals surface area contributed by atoms with E-state index in [0.29, 0.717) is 23.8 Å². The molecule has 3 rings (SSSR count). The Morgan fingerprint density at radius 3 is 3.00 bits per heavy atom. The minimum atomic E-state index is 0.136. The molecule has 0 spiro atoms. The molecule has 2 heterocycles. The number of anilines is 3. The fraction of sp³-hybridized carbons (Fsp3) is 0.143. The van der Waals surface area contributed by atoms with Crippen molar-refractivity contribution < 1.29 is 4.74 Å². The predicted octanol–water partition coefficient (Wildman–Crippen LogP) is 1.62. The number of hydrogen-bond donors (Lipinski definition) is 2. The van der Waals surface area contributed by atoms with Crippen molar-refractivity contribution in [3.63, 3.8) is 0 Å². The Morgan fingerprint density at radius 2 is 2.24 bits per heavy atom. The minimum Gasteiger partial charge on any atom is -0.495 e. The van der Waals surface area contributed by atoms with Gasteiger partial charge in [0.2, 0.25) is 0 Å². The zero-order chi connectivity index (χ0) is 14.8. The first-order valence-corrected chi connectivity index (χ1v) is 6.21. The lowest BCUT2D eigenvalue weighted by atomic mass is 10.1. The van der Waals surface area contributed by atoms with Crippen LogP contribution >= 0.6 is 0 Å². The zero-order valence-corrected chi connectivity index (χ0v) is 11.3. The third kappa shape index (κ3) is 2.23. The third-order valence-electron chi connectivity index (χ3n) is 3.19. The molecule has 0 bridgehead atoms. The van der Waals surface area contributed by atoms with Crippen LogP contribution in [-0.2, 0) is 6.54 Å². The lowest BCUT2D eigenvalue weighted by molar-refractivity contribution is 0.416. The number of fused-ring (bicyclic) bond motifs is 1. The summed E-state index contributed by atoms with van der Waals surface area (Å²) in [5.41, 5.74) is 8.69. The number of nitrogen functional groups attached to an aromatic ring is 1. The van der Waals surface area contributed by atoms with Crippen LogP contribution in [0.15, 0.2) is 23.5 Å². The fourth-order valence-corrected chi connectivity index (χ4v) is 2.14. The first-order chi connectivity index (χ1) is 10.2. The maximum absolute atomic E-state index is 9.16. The van der Waals surface area contributed by atoms with Crippen LogP contribution in [0.3, 0.4) is 0 Å². The van der Waals surface area contributed by atoms with Crippen molar-refractivity contribution in [3.05, 3.63) is 35.2 Å². The van der Waals surface area contributed by atoms with Crippen LogP contribution in [-0.4, -0.2) is 23.3 Å². The molecule has 1 aromatic heterocycles. The summed E-state index contributed by atoms with van der Waals surface area (Å²) in [5.74, 6) is 1.13. The molecule has 1 aliphatic rings. The zero-order valence-electron chi connectivity index (χ0n) is 11.3. The largest absolute Gasteiger partial charge is 0.495 e. The van der Waals surface area contributed by atoms with E-state index in [1.165, 1.54) is 6.33 Å². The molecule has 1 aliphatic heterocycles. The second kappa shape index (κ2) is 5.09. The highest BCUT2D eigenvalue weighted by Crippen LogP contribution is 2.33. The van der Waals surface area contributed by atoms with Crippen molar-refractivity contribution in [2.75, 3.05) is 18.2 Å². The summed E-state index contributed by atoms with van der Waals surface area (Å²) < 4.78 is 5.37. The standard InChI is InChI=1S/C14H12N6O/c1-21-12-3-9-6-17-5-8(9)2-11(12)20-14-10(4-15)13(16)18-7-19-14/h2-3,5,7H,6H2,1H3,(H3,16,18,19,20). The molecule has 0 saturated heterocycles. The summed E-state index contributed by atoms with van der Waals surface area (Å²) >= 11 is 0. The molecule has 7 heteroatoms. The lowest BCUT2D eigenvalue weighted by Gasteiger charge is -2.13. The van der Waals surface area contributed by atoms with Gasteiger partial charge in [0.1, 0.15) is 29.5 Å². The first kappa shape index (κ1) is 12.9. The van der Waals surface area contributed by atoms with Gasteiger partial charge in [0, 0.05) is 6.21 Å². The minimum absolute atomic E-state index is 0.136. The van der Waals surface area contributed by atoms with E-state index in [1.807, 2.05) is 18.2 Å². The molecule has 1 aromatic carbocycles. The average Bonchev–Trinajstić information content (AvgIpc) is 2.94. The van der Waals surface area contributed by atoms with Crippen LogP contribution in [0.2, 0.25) is 0 Å². The molecule has 0 unspecified atom stereocenters. The van der Waals surface area contributed by atoms with Crippen molar-refractivity contribution in [3.8, 4) is 11.8 Å². The summed E-state index contributed by atoms with van der Waals surface area (Å²) in [6.45, 7) is 0.649. The van der Waals surface area contributed by atoms with Gasteiger partial charge in [-0.15, -0.1) is 0 Å². The van der Waals surface area contributed by atoms with Crippen LogP contribution in [0.1, 0.15) is 16.7 Å². The molecule has 3 N–H and O–H groups in total. The third-order valence-corrected chi connectivity index (χ3v) is 3.19. The van der Waals surface area contributed by atoms with Crippen molar-refractivity contribution in [1.82, 2.24) is 9.97 Å². The van der Waals surface area contributed by atoms with Gasteiger partial charge in [-0.3, -0.25) is 4.99 Å². The van der Waals surface area contributed by atoms with Gasteiger partial charge in [0.25, 0.3) is 0 Å². The second-order valence-corrected chi connectivity index (χ2v) is 4.44. The van der Waals surface area contributed by atoms with Gasteiger partial charge in [-0.1, -0.05) is 0 Å². The number of aliphatic imine (C=N–C) groups is 1. The van der Waals surface area contributed by atoms with Crippen molar-refractivity contribution in [2.45, 2.75) is 6.54 Å². The number of nitriles is 1. The second-order valence-electron chi connectivity index (χ2n) is 4.44. The quantitative estimate of drug-likeness (QED) is 0.884.